The molecule has 0 radical (unpaired) electrons. The molecule has 2 saturated heterocycles. The van der Waals surface area contributed by atoms with Crippen molar-refractivity contribution >= 4 is 5.91 Å². The third-order valence-electron chi connectivity index (χ3n) is 4.21. The van der Waals surface area contributed by atoms with Crippen LogP contribution >= 0.6 is 0 Å². The van der Waals surface area contributed by atoms with Crippen LogP contribution in [0.4, 0.5) is 0 Å². The molecule has 4 heteroatoms. The van der Waals surface area contributed by atoms with Crippen LogP contribution in [0.5, 0.6) is 0 Å². The number of hydrogen-bond acceptors (Lipinski definition) is 3. The van der Waals surface area contributed by atoms with Crippen molar-refractivity contribution < 1.29 is 9.90 Å². The summed E-state index contributed by atoms with van der Waals surface area (Å²) in [6.07, 6.45) is 4.80. The highest BCUT2D eigenvalue weighted by Gasteiger charge is 2.42. The van der Waals surface area contributed by atoms with Gasteiger partial charge in [-0.15, -0.1) is 0 Å². The summed E-state index contributed by atoms with van der Waals surface area (Å²) in [6, 6.07) is 0. The van der Waals surface area contributed by atoms with Crippen molar-refractivity contribution in [2.75, 3.05) is 39.3 Å². The van der Waals surface area contributed by atoms with Crippen molar-refractivity contribution in [3.8, 4) is 0 Å². The Bertz CT molecular complexity index is 281. The molecule has 0 aromatic carbocycles. The predicted octanol–water partition coefficient (Wildman–Crippen LogP) is 0.703. The molecule has 2 aliphatic rings. The third kappa shape index (κ3) is 2.80. The molecule has 0 aliphatic carbocycles. The average Bonchev–Trinajstić information content (AvgIpc) is 2.72. The first-order valence-corrected chi connectivity index (χ1v) is 6.80. The highest BCUT2D eigenvalue weighted by atomic mass is 16.3. The predicted molar refractivity (Wildman–Crippen MR) is 66.7 cm³/mol. The number of aliphatic hydroxyl groups excluding tert-OH is 1. The van der Waals surface area contributed by atoms with Crippen LogP contribution in [0.25, 0.3) is 0 Å². The Kier molecular flexibility index (Phi) is 4.05. The maximum atomic E-state index is 11.5. The number of carbonyl (C=O) groups excluding carboxylic acids is 1. The number of aliphatic hydroxyl groups is 1. The molecular weight excluding hydrogens is 216 g/mol. The van der Waals surface area contributed by atoms with Crippen molar-refractivity contribution in [1.29, 1.82) is 0 Å². The van der Waals surface area contributed by atoms with Crippen molar-refractivity contribution in [3.63, 3.8) is 0 Å². The Balaban J connectivity index is 1.94. The van der Waals surface area contributed by atoms with Crippen LogP contribution in [0.2, 0.25) is 0 Å². The van der Waals surface area contributed by atoms with Crippen LogP contribution < -0.4 is 0 Å². The molecule has 0 saturated carbocycles. The molecule has 0 aromatic rings. The van der Waals surface area contributed by atoms with Crippen molar-refractivity contribution in [2.24, 2.45) is 5.41 Å². The Morgan fingerprint density at radius 3 is 2.82 bits per heavy atom. The summed E-state index contributed by atoms with van der Waals surface area (Å²) in [5.41, 5.74) is 0.318. The first kappa shape index (κ1) is 12.8. The van der Waals surface area contributed by atoms with Gasteiger partial charge in [-0.25, -0.2) is 0 Å². The molecule has 2 aliphatic heterocycles. The van der Waals surface area contributed by atoms with Gasteiger partial charge in [-0.2, -0.15) is 0 Å². The molecular formula is C13H24N2O2. The van der Waals surface area contributed by atoms with Gasteiger partial charge in [-0.1, -0.05) is 6.92 Å². The minimum Gasteiger partial charge on any atom is -0.387 e. The van der Waals surface area contributed by atoms with Gasteiger partial charge in [0, 0.05) is 25.0 Å². The summed E-state index contributed by atoms with van der Waals surface area (Å²) in [4.78, 5) is 15.9. The molecule has 2 rings (SSSR count). The Hall–Kier alpha value is -0.610. The minimum absolute atomic E-state index is 0.102. The zero-order chi connectivity index (χ0) is 12.3. The third-order valence-corrected chi connectivity index (χ3v) is 4.21. The quantitative estimate of drug-likeness (QED) is 0.790. The molecule has 1 atom stereocenters. The number of carbonyl (C=O) groups is 1. The SMILES string of the molecule is CCCN1CCCC2(CCN(C(=O)CO)C2)C1. The minimum atomic E-state index is -0.339. The molecule has 2 fully saturated rings. The molecule has 2 heterocycles. The van der Waals surface area contributed by atoms with Gasteiger partial charge in [0.25, 0.3) is 0 Å². The van der Waals surface area contributed by atoms with Crippen LogP contribution in [0.3, 0.4) is 0 Å². The highest BCUT2D eigenvalue weighted by Crippen LogP contribution is 2.38. The fraction of sp³-hybridized carbons (Fsp3) is 0.923. The number of rotatable bonds is 3. The zero-order valence-electron chi connectivity index (χ0n) is 10.8. The first-order valence-electron chi connectivity index (χ1n) is 6.80. The van der Waals surface area contributed by atoms with E-state index in [4.69, 9.17) is 5.11 Å². The highest BCUT2D eigenvalue weighted by molar-refractivity contribution is 5.77. The lowest BCUT2D eigenvalue weighted by Crippen LogP contribution is -2.45. The van der Waals surface area contributed by atoms with Crippen LogP contribution in [0, 0.1) is 5.41 Å². The summed E-state index contributed by atoms with van der Waals surface area (Å²) >= 11 is 0. The Morgan fingerprint density at radius 1 is 1.29 bits per heavy atom. The molecule has 1 spiro atoms. The van der Waals surface area contributed by atoms with Crippen LogP contribution in [-0.4, -0.2) is 60.1 Å². The maximum absolute atomic E-state index is 11.5. The topological polar surface area (TPSA) is 43.8 Å². The molecule has 1 unspecified atom stereocenters. The molecule has 98 valence electrons. The van der Waals surface area contributed by atoms with Gasteiger partial charge >= 0.3 is 0 Å². The molecule has 0 aromatic heterocycles. The summed E-state index contributed by atoms with van der Waals surface area (Å²) in [5, 5.41) is 8.92. The first-order chi connectivity index (χ1) is 8.19. The Labute approximate surface area is 104 Å². The van der Waals surface area contributed by atoms with Crippen molar-refractivity contribution in [3.05, 3.63) is 0 Å². The van der Waals surface area contributed by atoms with E-state index in [0.717, 1.165) is 26.1 Å². The lowest BCUT2D eigenvalue weighted by atomic mass is 9.79. The van der Waals surface area contributed by atoms with E-state index in [9.17, 15) is 4.79 Å². The molecule has 1 amide bonds. The number of nitrogens with zero attached hydrogens (tertiary/aromatic N) is 2. The fourth-order valence-electron chi connectivity index (χ4n) is 3.40. The van der Waals surface area contributed by atoms with E-state index in [1.54, 1.807) is 0 Å². The number of hydrogen-bond donors (Lipinski definition) is 1. The zero-order valence-corrected chi connectivity index (χ0v) is 10.8. The largest absolute Gasteiger partial charge is 0.387 e. The van der Waals surface area contributed by atoms with Crippen molar-refractivity contribution in [1.82, 2.24) is 9.80 Å². The second kappa shape index (κ2) is 5.36. The number of piperidine rings is 1. The molecule has 4 nitrogen and oxygen atoms in total. The van der Waals surface area contributed by atoms with E-state index in [-0.39, 0.29) is 12.5 Å². The Morgan fingerprint density at radius 2 is 2.12 bits per heavy atom. The molecule has 1 N–H and O–H groups in total. The van der Waals surface area contributed by atoms with Gasteiger partial charge in [0.1, 0.15) is 6.61 Å². The summed E-state index contributed by atoms with van der Waals surface area (Å²) < 4.78 is 0. The van der Waals surface area contributed by atoms with E-state index in [1.165, 1.54) is 32.4 Å². The van der Waals surface area contributed by atoms with Gasteiger partial charge in [0.2, 0.25) is 5.91 Å². The standard InChI is InChI=1S/C13H24N2O2/c1-2-6-14-7-3-4-13(10-14)5-8-15(11-13)12(17)9-16/h16H,2-11H2,1H3. The lowest BCUT2D eigenvalue weighted by molar-refractivity contribution is -0.133. The van der Waals surface area contributed by atoms with Crippen LogP contribution in [0.15, 0.2) is 0 Å². The van der Waals surface area contributed by atoms with E-state index in [2.05, 4.69) is 11.8 Å². The fourth-order valence-corrected chi connectivity index (χ4v) is 3.40. The van der Waals surface area contributed by atoms with Gasteiger partial charge in [-0.3, -0.25) is 4.79 Å². The second-order valence-electron chi connectivity index (χ2n) is 5.60. The number of likely N-dealkylation sites (tertiary alicyclic amines) is 2. The van der Waals surface area contributed by atoms with E-state index >= 15 is 0 Å². The summed E-state index contributed by atoms with van der Waals surface area (Å²) in [5.74, 6) is -0.102. The summed E-state index contributed by atoms with van der Waals surface area (Å²) in [7, 11) is 0. The van der Waals surface area contributed by atoms with E-state index in [0.29, 0.717) is 5.41 Å². The lowest BCUT2D eigenvalue weighted by Gasteiger charge is -2.40. The summed E-state index contributed by atoms with van der Waals surface area (Å²) in [6.45, 7) is 7.09. The smallest absolute Gasteiger partial charge is 0.248 e. The average molecular weight is 240 g/mol. The monoisotopic (exact) mass is 240 g/mol. The molecule has 17 heavy (non-hydrogen) atoms. The number of amides is 1. The molecule has 0 bridgehead atoms. The van der Waals surface area contributed by atoms with Crippen LogP contribution in [-0.2, 0) is 4.79 Å². The van der Waals surface area contributed by atoms with E-state index in [1.807, 2.05) is 4.90 Å². The van der Waals surface area contributed by atoms with Gasteiger partial charge in [0.15, 0.2) is 0 Å². The van der Waals surface area contributed by atoms with Gasteiger partial charge < -0.3 is 14.9 Å². The van der Waals surface area contributed by atoms with Gasteiger partial charge in [-0.05, 0) is 38.8 Å². The van der Waals surface area contributed by atoms with Gasteiger partial charge in [0.05, 0.1) is 0 Å². The van der Waals surface area contributed by atoms with Crippen molar-refractivity contribution in [2.45, 2.75) is 32.6 Å². The maximum Gasteiger partial charge on any atom is 0.248 e. The van der Waals surface area contributed by atoms with Crippen LogP contribution in [0.1, 0.15) is 32.6 Å². The van der Waals surface area contributed by atoms with E-state index < -0.39 is 0 Å². The normalized spacial score (nSPS) is 30.1. The second-order valence-corrected chi connectivity index (χ2v) is 5.60.